The number of carbonyl (C=O) groups excluding carboxylic acids is 6. The molecule has 0 aliphatic carbocycles. The van der Waals surface area contributed by atoms with E-state index >= 15 is 0 Å². The quantitative estimate of drug-likeness (QED) is 0.0171. The molecule has 0 spiro atoms. The van der Waals surface area contributed by atoms with Crippen LogP contribution < -0.4 is 53.2 Å². The third-order valence-corrected chi connectivity index (χ3v) is 22.4. The van der Waals surface area contributed by atoms with Crippen LogP contribution in [0.15, 0.2) is 79.0 Å². The second-order valence-corrected chi connectivity index (χ2v) is 34.5. The highest BCUT2D eigenvalue weighted by Gasteiger charge is 2.27. The first-order chi connectivity index (χ1) is 67.8. The van der Waals surface area contributed by atoms with Crippen LogP contribution in [0.3, 0.4) is 0 Å². The van der Waals surface area contributed by atoms with Crippen LogP contribution in [0.25, 0.3) is 11.3 Å². The van der Waals surface area contributed by atoms with Gasteiger partial charge in [0.25, 0.3) is 0 Å². The number of unbranched alkanes of at least 4 members (excludes halogenated alkanes) is 3. The topological polar surface area (TPSA) is 564 Å². The Hall–Kier alpha value is -9.65. The number of carboxylic acid groups (broad SMARTS) is 5. The van der Waals surface area contributed by atoms with Crippen molar-refractivity contribution in [2.75, 3.05) is 275 Å². The predicted molar refractivity (Wildman–Crippen MR) is 529 cm³/mol. The molecule has 0 bridgehead atoms. The first-order valence-corrected chi connectivity index (χ1v) is 49.2. The van der Waals surface area contributed by atoms with Gasteiger partial charge in [0.1, 0.15) is 30.4 Å². The standard InChI is InChI=1S/C93H148IN17O28S/c1-107-34-36-108(2)77(66-110(70-87(119)120)39-38-109(37-35-107)69-86(117)118)64-72-22-26-75(27-23-72)101-93(140)99-31-8-3-15-78(102-84(114)68-111-67-81(105-106-111)73-13-10-14-76(65-73)100-91(126)97-30-7-5-17-80(90(124)125)104-92(127)98-32-11-19-85(115)116)88(121)96-33-41-129-43-45-131-47-49-133-51-53-135-55-57-137-59-61-139-63-62-138-60-58-136-56-54-134-52-50-132-48-46-130-44-42-128-40-28-83(113)103-79(89(122)123)16-4-6-29-95-82(112)18-9-12-71-20-24-74(94)25-21-71/h10,13-14,20-27,65,67,77-80H,3-9,11-12,15-19,28-64,66,68-70H2,1-2H3,(H,95,112)(H,96,121)(H,102,114)(H,103,113)(H,115,116)(H,117,118)(H,119,120)(H,122,123)(H,124,125)(H2,97,100,126)(H2,98,104,127)(H2,99,101,140)/t77?,78-,79-,80-/m0/s1. The summed E-state index contributed by atoms with van der Waals surface area (Å²) in [6, 6.07) is 18.4. The number of benzene rings is 3. The van der Waals surface area contributed by atoms with E-state index in [4.69, 9.17) is 74.2 Å². The lowest BCUT2D eigenvalue weighted by molar-refractivity contribution is -0.142. The summed E-state index contributed by atoms with van der Waals surface area (Å²) in [5, 5.41) is 84.0. The first-order valence-electron chi connectivity index (χ1n) is 47.8. The Kier molecular flexibility index (Phi) is 66.5. The number of anilines is 2. The Labute approximate surface area is 837 Å². The van der Waals surface area contributed by atoms with E-state index in [9.17, 15) is 73.2 Å². The maximum Gasteiger partial charge on any atom is 0.326 e. The number of aliphatic carboxylic acids is 5. The minimum absolute atomic E-state index is 0.0136. The van der Waals surface area contributed by atoms with Crippen LogP contribution in [-0.4, -0.2) is 419 Å². The van der Waals surface area contributed by atoms with Gasteiger partial charge >= 0.3 is 41.9 Å². The molecule has 140 heavy (non-hydrogen) atoms. The number of ether oxygens (including phenoxy) is 12. The van der Waals surface area contributed by atoms with Gasteiger partial charge in [0.15, 0.2) is 5.11 Å². The summed E-state index contributed by atoms with van der Waals surface area (Å²) in [7, 11) is 4.05. The third-order valence-electron chi connectivity index (χ3n) is 21.4. The minimum atomic E-state index is -1.24. The van der Waals surface area contributed by atoms with Gasteiger partial charge in [0.2, 0.25) is 23.6 Å². The number of hydrogen-bond donors (Lipinski definition) is 15. The van der Waals surface area contributed by atoms with Crippen molar-refractivity contribution in [2.24, 2.45) is 0 Å². The summed E-state index contributed by atoms with van der Waals surface area (Å²) in [6.45, 7) is 13.0. The summed E-state index contributed by atoms with van der Waals surface area (Å²) in [6.07, 6.45) is 7.78. The second kappa shape index (κ2) is 77.0. The van der Waals surface area contributed by atoms with Crippen LogP contribution in [-0.2, 0) is 119 Å². The molecule has 1 saturated heterocycles. The average Bonchev–Trinajstić information content (AvgIpc) is 1.73. The number of halogens is 1. The Morgan fingerprint density at radius 3 is 1.42 bits per heavy atom. The number of carbonyl (C=O) groups is 11. The molecule has 1 aliphatic heterocycles. The van der Waals surface area contributed by atoms with Crippen LogP contribution >= 0.6 is 34.8 Å². The predicted octanol–water partition coefficient (Wildman–Crippen LogP) is 3.25. The highest BCUT2D eigenvalue weighted by atomic mass is 127. The van der Waals surface area contributed by atoms with Gasteiger partial charge in [-0.3, -0.25) is 43.4 Å². The molecule has 2 heterocycles. The number of nitrogens with zero attached hydrogens (tertiary/aromatic N) is 7. The molecule has 8 amide bonds. The summed E-state index contributed by atoms with van der Waals surface area (Å²) in [4.78, 5) is 143. The lowest BCUT2D eigenvalue weighted by Crippen LogP contribution is -2.50. The number of carboxylic acids is 5. The van der Waals surface area contributed by atoms with Gasteiger partial charge in [0, 0.05) is 124 Å². The number of urea groups is 2. The fourth-order valence-corrected chi connectivity index (χ4v) is 14.3. The van der Waals surface area contributed by atoms with E-state index < -0.39 is 77.8 Å². The molecule has 47 heteroatoms. The molecule has 1 aromatic heterocycles. The molecule has 15 N–H and O–H groups in total. The number of amides is 8. The number of aryl methyl sites for hydroxylation is 1. The van der Waals surface area contributed by atoms with E-state index in [0.29, 0.717) is 245 Å². The molecule has 0 radical (unpaired) electrons. The van der Waals surface area contributed by atoms with Crippen LogP contribution in [0.1, 0.15) is 101 Å². The van der Waals surface area contributed by atoms with Crippen molar-refractivity contribution < 1.29 is 135 Å². The number of likely N-dealkylation sites (N-methyl/N-ethyl adjacent to an activating group) is 2. The van der Waals surface area contributed by atoms with Crippen molar-refractivity contribution in [1.82, 2.24) is 77.1 Å². The summed E-state index contributed by atoms with van der Waals surface area (Å²) >= 11 is 7.93. The highest BCUT2D eigenvalue weighted by Crippen LogP contribution is 2.22. The first kappa shape index (κ1) is 121. The molecule has 1 fully saturated rings. The monoisotopic (exact) mass is 2110 g/mol. The van der Waals surface area contributed by atoms with E-state index in [1.165, 1.54) is 13.8 Å². The lowest BCUT2D eigenvalue weighted by Gasteiger charge is -2.36. The van der Waals surface area contributed by atoms with E-state index in [1.54, 1.807) is 30.5 Å². The number of hydrogen-bond acceptors (Lipinski definition) is 30. The fourth-order valence-electron chi connectivity index (χ4n) is 13.8. The van der Waals surface area contributed by atoms with Crippen molar-refractivity contribution >= 4 is 117 Å². The number of aromatic nitrogens is 3. The van der Waals surface area contributed by atoms with Crippen LogP contribution in [0, 0.1) is 3.57 Å². The third kappa shape index (κ3) is 61.9. The highest BCUT2D eigenvalue weighted by molar-refractivity contribution is 14.1. The number of nitrogens with one attached hydrogen (secondary N) is 10. The summed E-state index contributed by atoms with van der Waals surface area (Å²) in [5.74, 6) is -6.64. The second-order valence-electron chi connectivity index (χ2n) is 32.9. The smallest absolute Gasteiger partial charge is 0.326 e. The number of rotatable bonds is 79. The normalized spacial score (nSPS) is 14.1. The van der Waals surface area contributed by atoms with Gasteiger partial charge in [-0.2, -0.15) is 0 Å². The summed E-state index contributed by atoms with van der Waals surface area (Å²) in [5.41, 5.74) is 4.33. The van der Waals surface area contributed by atoms with Gasteiger partial charge in [-0.25, -0.2) is 23.9 Å². The van der Waals surface area contributed by atoms with Crippen molar-refractivity contribution in [3.05, 3.63) is 93.7 Å². The zero-order chi connectivity index (χ0) is 101. The Balaban J connectivity index is 0.878. The molecular formula is C93H148IN17O28S. The molecule has 4 aromatic rings. The fraction of sp³-hybridized carbons (Fsp3) is 0.656. The molecule has 5 rings (SSSR count). The summed E-state index contributed by atoms with van der Waals surface area (Å²) < 4.78 is 69.4. The van der Waals surface area contributed by atoms with Crippen molar-refractivity contribution in [3.8, 4) is 11.3 Å². The molecule has 3 aromatic carbocycles. The van der Waals surface area contributed by atoms with Crippen LogP contribution in [0.2, 0.25) is 0 Å². The Morgan fingerprint density at radius 2 is 0.879 bits per heavy atom. The molecule has 0 saturated carbocycles. The van der Waals surface area contributed by atoms with E-state index in [2.05, 4.69) is 108 Å². The average molecular weight is 2110 g/mol. The van der Waals surface area contributed by atoms with Gasteiger partial charge < -0.3 is 145 Å². The Bertz CT molecular complexity index is 4160. The number of thiocarbonyl (C=S) groups is 1. The van der Waals surface area contributed by atoms with E-state index in [0.717, 1.165) is 37.2 Å². The largest absolute Gasteiger partial charge is 0.481 e. The van der Waals surface area contributed by atoms with Crippen LogP contribution in [0.4, 0.5) is 21.0 Å². The van der Waals surface area contributed by atoms with Crippen molar-refractivity contribution in [3.63, 3.8) is 0 Å². The lowest BCUT2D eigenvalue weighted by atomic mass is 10.0. The van der Waals surface area contributed by atoms with Gasteiger partial charge in [-0.1, -0.05) is 41.6 Å². The molecule has 45 nitrogen and oxygen atoms in total. The van der Waals surface area contributed by atoms with E-state index in [-0.39, 0.29) is 123 Å². The van der Waals surface area contributed by atoms with Crippen molar-refractivity contribution in [1.29, 1.82) is 0 Å². The zero-order valence-electron chi connectivity index (χ0n) is 80.7. The van der Waals surface area contributed by atoms with Crippen molar-refractivity contribution in [2.45, 2.75) is 133 Å². The molecular weight excluding hydrogens is 1960 g/mol. The molecule has 1 unspecified atom stereocenters. The molecule has 4 atom stereocenters. The zero-order valence-corrected chi connectivity index (χ0v) is 83.7. The van der Waals surface area contributed by atoms with Gasteiger partial charge in [-0.15, -0.1) is 5.10 Å². The van der Waals surface area contributed by atoms with E-state index in [1.807, 2.05) is 60.3 Å². The van der Waals surface area contributed by atoms with Gasteiger partial charge in [-0.05, 0) is 180 Å². The maximum atomic E-state index is 13.8. The SMILES string of the molecule is CN1CCN(CC(=O)O)CCN(CC(=O)O)CC(Cc2ccc(NC(=S)NCCCC[C@H](NC(=O)Cn3cc(-c4cccc(NC(=O)NCCCC[C@H](NC(=O)NCCCC(=O)O)C(=O)O)c4)nn3)C(=O)NCCOCCOCCOCCOCCOCCOCCOCCOCCOCCOCCOCCOCCC(=O)N[C@@H](CCCCNC(=O)CCCc3ccc(I)cc3)C(=O)O)cc2)N(C)CC1. The minimum Gasteiger partial charge on any atom is -0.481 e. The Morgan fingerprint density at radius 1 is 0.414 bits per heavy atom. The maximum absolute atomic E-state index is 13.8. The van der Waals surface area contributed by atoms with Gasteiger partial charge in [0.05, 0.1) is 178 Å². The molecule has 1 aliphatic rings. The molecule has 786 valence electrons. The van der Waals surface area contributed by atoms with Crippen LogP contribution in [0.5, 0.6) is 0 Å².